The molecule has 0 aliphatic carbocycles. The number of carbonyl (C=O) groups is 1. The van der Waals surface area contributed by atoms with Gasteiger partial charge in [-0.05, 0) is 41.8 Å². The average molecular weight is 384 g/mol. The molecule has 1 N–H and O–H groups in total. The lowest BCUT2D eigenvalue weighted by atomic mass is 10.1. The zero-order chi connectivity index (χ0) is 18.2. The maximum atomic E-state index is 12.9. The van der Waals surface area contributed by atoms with Crippen LogP contribution in [0, 0.1) is 5.82 Å². The van der Waals surface area contributed by atoms with Crippen molar-refractivity contribution in [2.75, 3.05) is 0 Å². The van der Waals surface area contributed by atoms with Crippen LogP contribution < -0.4 is 10.1 Å². The first-order valence-electron chi connectivity index (χ1n) is 8.06. The number of amides is 1. The molecule has 0 heterocycles. The minimum Gasteiger partial charge on any atom is -0.479 e. The molecule has 1 unspecified atom stereocenters. The van der Waals surface area contributed by atoms with Crippen molar-refractivity contribution in [2.24, 2.45) is 0 Å². The van der Waals surface area contributed by atoms with E-state index in [-0.39, 0.29) is 11.7 Å². The van der Waals surface area contributed by atoms with Gasteiger partial charge in [0, 0.05) is 12.4 Å². The normalized spacial score (nSPS) is 11.8. The Kier molecular flexibility index (Phi) is 7.53. The summed E-state index contributed by atoms with van der Waals surface area (Å²) in [6.45, 7) is 2.28. The third kappa shape index (κ3) is 5.91. The summed E-state index contributed by atoms with van der Waals surface area (Å²) in [5.74, 6) is 0.267. The van der Waals surface area contributed by atoms with E-state index in [1.807, 2.05) is 13.0 Å². The Labute approximate surface area is 157 Å². The molecule has 1 atom stereocenters. The highest BCUT2D eigenvalue weighted by atomic mass is 35.5. The zero-order valence-electron chi connectivity index (χ0n) is 13.9. The van der Waals surface area contributed by atoms with Gasteiger partial charge in [0.25, 0.3) is 5.91 Å². The van der Waals surface area contributed by atoms with Gasteiger partial charge in [0.15, 0.2) is 6.10 Å². The van der Waals surface area contributed by atoms with Gasteiger partial charge in [-0.2, -0.15) is 0 Å². The fraction of sp³-hybridized carbons (Fsp3) is 0.316. The molecule has 0 aliphatic heterocycles. The summed E-state index contributed by atoms with van der Waals surface area (Å²) in [4.78, 5) is 12.4. The summed E-state index contributed by atoms with van der Waals surface area (Å²) in [6, 6.07) is 11.2. The number of ether oxygens (including phenoxy) is 1. The monoisotopic (exact) mass is 383 g/mol. The van der Waals surface area contributed by atoms with E-state index in [9.17, 15) is 9.18 Å². The molecule has 0 bridgehead atoms. The van der Waals surface area contributed by atoms with E-state index in [1.165, 1.54) is 12.1 Å². The second kappa shape index (κ2) is 9.64. The van der Waals surface area contributed by atoms with Gasteiger partial charge in [0.05, 0.1) is 5.02 Å². The SMILES string of the molecule is CCCC(Oc1ccc(CCl)cc1Cl)C(=O)NCc1ccc(F)cc1. The average Bonchev–Trinajstić information content (AvgIpc) is 2.62. The molecule has 1 amide bonds. The van der Waals surface area contributed by atoms with Crippen LogP contribution in [0.4, 0.5) is 4.39 Å². The third-order valence-corrected chi connectivity index (χ3v) is 4.25. The molecule has 6 heteroatoms. The van der Waals surface area contributed by atoms with Crippen LogP contribution >= 0.6 is 23.2 Å². The van der Waals surface area contributed by atoms with E-state index in [4.69, 9.17) is 27.9 Å². The Morgan fingerprint density at radius 2 is 1.88 bits per heavy atom. The number of hydrogen-bond acceptors (Lipinski definition) is 2. The van der Waals surface area contributed by atoms with Crippen molar-refractivity contribution < 1.29 is 13.9 Å². The molecule has 25 heavy (non-hydrogen) atoms. The summed E-state index contributed by atoms with van der Waals surface area (Å²) in [7, 11) is 0. The van der Waals surface area contributed by atoms with Crippen LogP contribution in [0.2, 0.25) is 5.02 Å². The van der Waals surface area contributed by atoms with E-state index < -0.39 is 6.10 Å². The fourth-order valence-electron chi connectivity index (χ4n) is 2.29. The minimum atomic E-state index is -0.648. The first-order valence-corrected chi connectivity index (χ1v) is 8.98. The lowest BCUT2D eigenvalue weighted by molar-refractivity contribution is -0.128. The van der Waals surface area contributed by atoms with Crippen molar-refractivity contribution >= 4 is 29.1 Å². The van der Waals surface area contributed by atoms with Crippen molar-refractivity contribution in [3.8, 4) is 5.75 Å². The maximum absolute atomic E-state index is 12.9. The van der Waals surface area contributed by atoms with Gasteiger partial charge < -0.3 is 10.1 Å². The van der Waals surface area contributed by atoms with Gasteiger partial charge in [0.1, 0.15) is 11.6 Å². The molecule has 0 aromatic heterocycles. The van der Waals surface area contributed by atoms with Crippen LogP contribution in [-0.4, -0.2) is 12.0 Å². The summed E-state index contributed by atoms with van der Waals surface area (Å²) in [5.41, 5.74) is 1.70. The van der Waals surface area contributed by atoms with Gasteiger partial charge in [-0.25, -0.2) is 4.39 Å². The molecule has 2 rings (SSSR count). The Morgan fingerprint density at radius 3 is 2.48 bits per heavy atom. The van der Waals surface area contributed by atoms with Crippen molar-refractivity contribution in [1.82, 2.24) is 5.32 Å². The largest absolute Gasteiger partial charge is 0.479 e. The number of alkyl halides is 1. The van der Waals surface area contributed by atoms with E-state index in [2.05, 4.69) is 5.32 Å². The second-order valence-corrected chi connectivity index (χ2v) is 6.31. The number of halogens is 3. The van der Waals surface area contributed by atoms with Gasteiger partial charge in [-0.15, -0.1) is 11.6 Å². The molecule has 0 radical (unpaired) electrons. The molecule has 0 aliphatic rings. The van der Waals surface area contributed by atoms with Crippen LogP contribution in [-0.2, 0) is 17.2 Å². The first kappa shape index (κ1) is 19.5. The number of hydrogen-bond donors (Lipinski definition) is 1. The molecule has 0 saturated heterocycles. The Bertz CT molecular complexity index is 707. The van der Waals surface area contributed by atoms with Crippen LogP contribution in [0.3, 0.4) is 0 Å². The predicted molar refractivity (Wildman–Crippen MR) is 98.6 cm³/mol. The topological polar surface area (TPSA) is 38.3 Å². The molecule has 3 nitrogen and oxygen atoms in total. The smallest absolute Gasteiger partial charge is 0.261 e. The second-order valence-electron chi connectivity index (χ2n) is 5.64. The van der Waals surface area contributed by atoms with Crippen molar-refractivity contribution in [3.63, 3.8) is 0 Å². The van der Waals surface area contributed by atoms with Crippen LogP contribution in [0.25, 0.3) is 0 Å². The summed E-state index contributed by atoms with van der Waals surface area (Å²) < 4.78 is 18.7. The molecule has 2 aromatic rings. The van der Waals surface area contributed by atoms with Crippen molar-refractivity contribution in [3.05, 3.63) is 64.4 Å². The Hall–Kier alpha value is -1.78. The molecule has 0 fully saturated rings. The maximum Gasteiger partial charge on any atom is 0.261 e. The van der Waals surface area contributed by atoms with Gasteiger partial charge in [-0.3, -0.25) is 4.79 Å². The van der Waals surface area contributed by atoms with Crippen LogP contribution in [0.15, 0.2) is 42.5 Å². The van der Waals surface area contributed by atoms with Gasteiger partial charge in [0.2, 0.25) is 0 Å². The molecular weight excluding hydrogens is 364 g/mol. The number of rotatable bonds is 8. The van der Waals surface area contributed by atoms with E-state index >= 15 is 0 Å². The third-order valence-electron chi connectivity index (χ3n) is 3.64. The number of benzene rings is 2. The highest BCUT2D eigenvalue weighted by Gasteiger charge is 2.20. The molecular formula is C19H20Cl2FNO2. The van der Waals surface area contributed by atoms with Crippen molar-refractivity contribution in [2.45, 2.75) is 38.3 Å². The highest BCUT2D eigenvalue weighted by Crippen LogP contribution is 2.27. The quantitative estimate of drug-likeness (QED) is 0.645. The summed E-state index contributed by atoms with van der Waals surface area (Å²) >= 11 is 12.0. The highest BCUT2D eigenvalue weighted by molar-refractivity contribution is 6.32. The summed E-state index contributed by atoms with van der Waals surface area (Å²) in [5, 5.41) is 3.24. The van der Waals surface area contributed by atoms with Gasteiger partial charge in [-0.1, -0.05) is 43.1 Å². The Balaban J connectivity index is 2.01. The molecule has 2 aromatic carbocycles. The van der Waals surface area contributed by atoms with E-state index in [0.29, 0.717) is 29.6 Å². The van der Waals surface area contributed by atoms with E-state index in [1.54, 1.807) is 24.3 Å². The van der Waals surface area contributed by atoms with Crippen LogP contribution in [0.1, 0.15) is 30.9 Å². The number of carbonyl (C=O) groups excluding carboxylic acids is 1. The Morgan fingerprint density at radius 1 is 1.20 bits per heavy atom. The number of nitrogens with one attached hydrogen (secondary N) is 1. The van der Waals surface area contributed by atoms with E-state index in [0.717, 1.165) is 17.5 Å². The lowest BCUT2D eigenvalue weighted by Gasteiger charge is -2.19. The fourth-order valence-corrected chi connectivity index (χ4v) is 2.70. The van der Waals surface area contributed by atoms with Crippen molar-refractivity contribution in [1.29, 1.82) is 0 Å². The lowest BCUT2D eigenvalue weighted by Crippen LogP contribution is -2.38. The van der Waals surface area contributed by atoms with Crippen LogP contribution in [0.5, 0.6) is 5.75 Å². The summed E-state index contributed by atoms with van der Waals surface area (Å²) in [6.07, 6.45) is 0.694. The predicted octanol–water partition coefficient (Wildman–Crippen LogP) is 5.08. The standard InChI is InChI=1S/C19H20Cl2FNO2/c1-2-3-18(25-17-9-6-14(11-20)10-16(17)21)19(24)23-12-13-4-7-15(22)8-5-13/h4-10,18H,2-3,11-12H2,1H3,(H,23,24). The molecule has 0 saturated carbocycles. The molecule has 134 valence electrons. The zero-order valence-corrected chi connectivity index (χ0v) is 15.4. The first-order chi connectivity index (χ1) is 12.0. The molecule has 0 spiro atoms. The minimum absolute atomic E-state index is 0.233. The van der Waals surface area contributed by atoms with Gasteiger partial charge >= 0.3 is 0 Å².